The number of nitrogens with one attached hydrogen (secondary N) is 3. The highest BCUT2D eigenvalue weighted by atomic mass is 32.2. The monoisotopic (exact) mass is 682 g/mol. The van der Waals surface area contributed by atoms with E-state index in [0.29, 0.717) is 31.7 Å². The molecule has 12 heteroatoms. The Morgan fingerprint density at radius 3 is 2.17 bits per heavy atom. The molecule has 4 N–H and O–H groups in total. The van der Waals surface area contributed by atoms with E-state index in [2.05, 4.69) is 36.7 Å². The van der Waals surface area contributed by atoms with Gasteiger partial charge in [0, 0.05) is 33.4 Å². The summed E-state index contributed by atoms with van der Waals surface area (Å²) in [6.45, 7) is 19.2. The molecule has 0 saturated heterocycles. The minimum atomic E-state index is -3.95. The van der Waals surface area contributed by atoms with Crippen molar-refractivity contribution in [3.63, 3.8) is 0 Å². The predicted octanol–water partition coefficient (Wildman–Crippen LogP) is 4.17. The summed E-state index contributed by atoms with van der Waals surface area (Å²) >= 11 is 0. The quantitative estimate of drug-likeness (QED) is 0.169. The highest BCUT2D eigenvalue weighted by Gasteiger charge is 2.33. The summed E-state index contributed by atoms with van der Waals surface area (Å²) in [5.74, 6) is -0.0604. The van der Waals surface area contributed by atoms with Crippen LogP contribution < -0.4 is 16.0 Å². The maximum Gasteiger partial charge on any atom is 0.242 e. The number of sulfonamides is 1. The second-order valence-electron chi connectivity index (χ2n) is 12.1. The van der Waals surface area contributed by atoms with E-state index in [9.17, 15) is 23.1 Å². The van der Waals surface area contributed by atoms with Gasteiger partial charge in [-0.3, -0.25) is 9.59 Å². The van der Waals surface area contributed by atoms with Gasteiger partial charge in [-0.25, -0.2) is 8.42 Å². The third-order valence-electron chi connectivity index (χ3n) is 6.45. The maximum absolute atomic E-state index is 13.8. The molecule has 2 rings (SSSR count). The van der Waals surface area contributed by atoms with Gasteiger partial charge < -0.3 is 30.5 Å². The number of carbonyl (C=O) groups excluding carboxylic acids is 2. The van der Waals surface area contributed by atoms with Crippen LogP contribution in [-0.4, -0.2) is 94.9 Å². The fourth-order valence-corrected chi connectivity index (χ4v) is 6.19. The van der Waals surface area contributed by atoms with Gasteiger partial charge in [0.25, 0.3) is 0 Å². The van der Waals surface area contributed by atoms with Gasteiger partial charge in [-0.1, -0.05) is 84.9 Å². The van der Waals surface area contributed by atoms with Crippen LogP contribution in [0.25, 0.3) is 0 Å². The van der Waals surface area contributed by atoms with E-state index in [4.69, 9.17) is 9.47 Å². The zero-order valence-corrected chi connectivity index (χ0v) is 31.2. The first-order valence-electron chi connectivity index (χ1n) is 16.7. The third kappa shape index (κ3) is 17.9. The first kappa shape index (κ1) is 44.4. The van der Waals surface area contributed by atoms with Gasteiger partial charge in [-0.2, -0.15) is 4.31 Å². The van der Waals surface area contributed by atoms with Crippen LogP contribution in [0, 0.1) is 11.8 Å². The van der Waals surface area contributed by atoms with Crippen LogP contribution in [0.4, 0.5) is 0 Å². The molecular weight excluding hydrogens is 620 g/mol. The predicted molar refractivity (Wildman–Crippen MR) is 190 cm³/mol. The van der Waals surface area contributed by atoms with Crippen molar-refractivity contribution >= 4 is 21.8 Å². The summed E-state index contributed by atoms with van der Waals surface area (Å²) in [6, 6.07) is 7.93. The van der Waals surface area contributed by atoms with Crippen molar-refractivity contribution in [1.82, 2.24) is 20.3 Å². The largest absolute Gasteiger partial charge is 0.389 e. The summed E-state index contributed by atoms with van der Waals surface area (Å²) in [5.41, 5.74) is 1.43. The molecule has 1 unspecified atom stereocenters. The number of nitrogens with zero attached hydrogens (tertiary/aromatic N) is 1. The molecule has 1 aliphatic rings. The Morgan fingerprint density at radius 2 is 1.64 bits per heavy atom. The molecule has 3 atom stereocenters. The third-order valence-corrected chi connectivity index (χ3v) is 8.31. The Morgan fingerprint density at radius 1 is 1.02 bits per heavy atom. The van der Waals surface area contributed by atoms with Crippen molar-refractivity contribution in [2.75, 3.05) is 53.0 Å². The Hall–Kier alpha value is -2.61. The Kier molecular flexibility index (Phi) is 23.2. The standard InChI is InChI=1S/C29H46N4O7S.C4H10.C2H6/c1-6-40-26-13-12-24(16-22(26)4)41(37,38)33(19-21(2)3)20-25(34)29(23-10-8-7-9-11-23)32-28(36)18-31-27(35)17-30-14-15-39-5;1-4(2)3;1-2/h7-12,16,21,25-26,29-30,34H,6,13-15,17-20H2,1-5H3,(H,31,35)(H,32,36);4H,1-3H3;1-2H3/t25-,26?,29+;;/m1../s1. The van der Waals surface area contributed by atoms with E-state index in [-0.39, 0.29) is 49.0 Å². The fraction of sp³-hybridized carbons (Fsp3) is 0.657. The van der Waals surface area contributed by atoms with Gasteiger partial charge in [-0.15, -0.1) is 0 Å². The van der Waals surface area contributed by atoms with Crippen LogP contribution in [0.15, 0.2) is 53.0 Å². The van der Waals surface area contributed by atoms with Crippen molar-refractivity contribution in [3.05, 3.63) is 58.5 Å². The molecule has 0 heterocycles. The van der Waals surface area contributed by atoms with E-state index in [0.717, 1.165) is 11.5 Å². The lowest BCUT2D eigenvalue weighted by atomic mass is 10.0. The topological polar surface area (TPSA) is 146 Å². The van der Waals surface area contributed by atoms with E-state index in [1.54, 1.807) is 49.6 Å². The number of allylic oxidation sites excluding steroid dienone is 1. The molecule has 1 aromatic carbocycles. The van der Waals surface area contributed by atoms with Gasteiger partial charge in [0.1, 0.15) is 0 Å². The molecule has 0 fully saturated rings. The molecule has 0 bridgehead atoms. The molecule has 0 saturated carbocycles. The van der Waals surface area contributed by atoms with Crippen LogP contribution in [0.5, 0.6) is 0 Å². The lowest BCUT2D eigenvalue weighted by molar-refractivity contribution is -0.126. The highest BCUT2D eigenvalue weighted by molar-refractivity contribution is 7.93. The van der Waals surface area contributed by atoms with Crippen LogP contribution in [0.2, 0.25) is 0 Å². The highest BCUT2D eigenvalue weighted by Crippen LogP contribution is 2.28. The molecule has 11 nitrogen and oxygen atoms in total. The number of methoxy groups -OCH3 is 1. The van der Waals surface area contributed by atoms with Crippen LogP contribution in [0.1, 0.15) is 80.3 Å². The summed E-state index contributed by atoms with van der Waals surface area (Å²) < 4.78 is 39.4. The first-order chi connectivity index (χ1) is 22.2. The minimum absolute atomic E-state index is 0.0140. The number of hydrogen-bond acceptors (Lipinski definition) is 8. The average molecular weight is 683 g/mol. The summed E-state index contributed by atoms with van der Waals surface area (Å²) in [6.07, 6.45) is 2.29. The molecule has 0 radical (unpaired) electrons. The second-order valence-corrected chi connectivity index (χ2v) is 14.0. The molecule has 0 spiro atoms. The van der Waals surface area contributed by atoms with E-state index in [1.807, 2.05) is 41.5 Å². The lowest BCUT2D eigenvalue weighted by Gasteiger charge is -2.32. The van der Waals surface area contributed by atoms with E-state index < -0.39 is 28.1 Å². The summed E-state index contributed by atoms with van der Waals surface area (Å²) in [5, 5.41) is 19.6. The fourth-order valence-electron chi connectivity index (χ4n) is 4.41. The van der Waals surface area contributed by atoms with E-state index >= 15 is 0 Å². The average Bonchev–Trinajstić information content (AvgIpc) is 3.02. The first-order valence-corrected chi connectivity index (χ1v) is 18.2. The molecule has 0 aliphatic heterocycles. The van der Waals surface area contributed by atoms with Gasteiger partial charge in [0.2, 0.25) is 21.8 Å². The van der Waals surface area contributed by atoms with Crippen molar-refractivity contribution < 1.29 is 32.6 Å². The molecule has 270 valence electrons. The van der Waals surface area contributed by atoms with Gasteiger partial charge in [0.05, 0.1) is 42.9 Å². The zero-order chi connectivity index (χ0) is 36.0. The zero-order valence-electron chi connectivity index (χ0n) is 30.3. The Labute approximate surface area is 284 Å². The molecule has 0 aromatic heterocycles. The maximum atomic E-state index is 13.8. The van der Waals surface area contributed by atoms with Crippen LogP contribution >= 0.6 is 0 Å². The van der Waals surface area contributed by atoms with Crippen LogP contribution in [0.3, 0.4) is 0 Å². The summed E-state index contributed by atoms with van der Waals surface area (Å²) in [4.78, 5) is 25.0. The number of amides is 2. The molecule has 47 heavy (non-hydrogen) atoms. The molecular formula is C35H62N4O7S. The number of ether oxygens (including phenoxy) is 2. The molecule has 2 amide bonds. The SMILES string of the molecule is CC.CC(C)C.CCOC1CC=C(S(=O)(=O)N(CC(C)C)C[C@@H](O)[C@@H](NC(=O)CNC(=O)CNCCOC)c2ccccc2)C=C1C. The number of hydrogen-bond donors (Lipinski definition) is 4. The second kappa shape index (κ2) is 24.5. The number of rotatable bonds is 18. The summed E-state index contributed by atoms with van der Waals surface area (Å²) in [7, 11) is -2.39. The van der Waals surface area contributed by atoms with Gasteiger partial charge in [-0.05, 0) is 49.3 Å². The van der Waals surface area contributed by atoms with Crippen LogP contribution in [-0.2, 0) is 29.1 Å². The number of benzene rings is 1. The number of aliphatic hydroxyl groups is 1. The van der Waals surface area contributed by atoms with Crippen molar-refractivity contribution in [3.8, 4) is 0 Å². The number of aliphatic hydroxyl groups excluding tert-OH is 1. The Balaban J connectivity index is 0.00000326. The minimum Gasteiger partial charge on any atom is -0.389 e. The molecule has 1 aromatic rings. The van der Waals surface area contributed by atoms with Gasteiger partial charge in [0.15, 0.2) is 0 Å². The molecule has 1 aliphatic carbocycles. The Bertz CT molecular complexity index is 1180. The van der Waals surface area contributed by atoms with Gasteiger partial charge >= 0.3 is 0 Å². The smallest absolute Gasteiger partial charge is 0.242 e. The van der Waals surface area contributed by atoms with Crippen molar-refractivity contribution in [2.45, 2.75) is 87.0 Å². The number of carbonyl (C=O) groups is 2. The van der Waals surface area contributed by atoms with E-state index in [1.165, 1.54) is 4.31 Å². The normalized spacial score (nSPS) is 15.8. The lowest BCUT2D eigenvalue weighted by Crippen LogP contribution is -2.48. The van der Waals surface area contributed by atoms with Crippen molar-refractivity contribution in [2.24, 2.45) is 11.8 Å². The van der Waals surface area contributed by atoms with Crippen molar-refractivity contribution in [1.29, 1.82) is 0 Å².